The number of aliphatic imine (C=N–C) groups is 1. The lowest BCUT2D eigenvalue weighted by Crippen LogP contribution is -2.29. The Morgan fingerprint density at radius 1 is 1.30 bits per heavy atom. The summed E-state index contributed by atoms with van der Waals surface area (Å²) >= 11 is 0. The predicted molar refractivity (Wildman–Crippen MR) is 79.9 cm³/mol. The summed E-state index contributed by atoms with van der Waals surface area (Å²) < 4.78 is 0. The number of benzene rings is 1. The van der Waals surface area contributed by atoms with Crippen LogP contribution in [-0.2, 0) is 4.79 Å². The summed E-state index contributed by atoms with van der Waals surface area (Å²) in [5.41, 5.74) is 2.81. The van der Waals surface area contributed by atoms with Crippen molar-refractivity contribution in [2.75, 3.05) is 0 Å². The Bertz CT molecular complexity index is 706. The summed E-state index contributed by atoms with van der Waals surface area (Å²) in [4.78, 5) is 20.9. The summed E-state index contributed by atoms with van der Waals surface area (Å²) in [7, 11) is 0. The van der Waals surface area contributed by atoms with Gasteiger partial charge in [-0.2, -0.15) is 0 Å². The second-order valence-corrected chi connectivity index (χ2v) is 5.11. The number of fused-ring (bicyclic) bond motifs is 1. The Morgan fingerprint density at radius 3 is 2.90 bits per heavy atom. The van der Waals surface area contributed by atoms with Gasteiger partial charge in [-0.1, -0.05) is 31.5 Å². The fraction of sp³-hybridized carbons (Fsp3) is 0.312. The quantitative estimate of drug-likeness (QED) is 0.929. The zero-order chi connectivity index (χ0) is 14.1. The number of aryl methyl sites for hydroxylation is 1. The van der Waals surface area contributed by atoms with Crippen molar-refractivity contribution in [1.82, 2.24) is 10.3 Å². The molecule has 1 aromatic heterocycles. The number of pyridine rings is 1. The van der Waals surface area contributed by atoms with E-state index in [0.717, 1.165) is 35.0 Å². The zero-order valence-corrected chi connectivity index (χ0v) is 11.7. The second-order valence-electron chi connectivity index (χ2n) is 5.11. The van der Waals surface area contributed by atoms with E-state index in [4.69, 9.17) is 0 Å². The number of carbonyl (C=O) groups is 1. The minimum atomic E-state index is -0.261. The van der Waals surface area contributed by atoms with Crippen molar-refractivity contribution in [3.05, 3.63) is 41.6 Å². The van der Waals surface area contributed by atoms with Gasteiger partial charge < -0.3 is 5.32 Å². The van der Waals surface area contributed by atoms with Crippen LogP contribution in [0.2, 0.25) is 0 Å². The molecule has 2 heterocycles. The number of carbonyl (C=O) groups excluding carboxylic acids is 1. The first kappa shape index (κ1) is 12.8. The molecule has 1 N–H and O–H groups in total. The molecule has 1 unspecified atom stereocenters. The molecule has 4 heteroatoms. The number of rotatable bonds is 3. The van der Waals surface area contributed by atoms with Gasteiger partial charge in [-0.25, -0.2) is 4.98 Å². The minimum absolute atomic E-state index is 0.0190. The third-order valence-electron chi connectivity index (χ3n) is 3.56. The molecule has 1 amide bonds. The number of hydrogen-bond acceptors (Lipinski definition) is 3. The van der Waals surface area contributed by atoms with E-state index in [-0.39, 0.29) is 11.9 Å². The van der Waals surface area contributed by atoms with Gasteiger partial charge in [-0.05, 0) is 31.0 Å². The van der Waals surface area contributed by atoms with Crippen LogP contribution in [0.3, 0.4) is 0 Å². The standard InChI is InChI=1S/C16H17N3O/c1-3-6-13-16(20)19-15(18-13)14-9-10(2)11-7-4-5-8-12(11)17-14/h4-5,7-9,13H,3,6H2,1-2H3,(H,18,19,20). The number of nitrogens with zero attached hydrogens (tertiary/aromatic N) is 2. The lowest BCUT2D eigenvalue weighted by Gasteiger charge is -2.06. The van der Waals surface area contributed by atoms with E-state index >= 15 is 0 Å². The van der Waals surface area contributed by atoms with Crippen molar-refractivity contribution < 1.29 is 4.79 Å². The molecule has 1 atom stereocenters. The molecular formula is C16H17N3O. The zero-order valence-electron chi connectivity index (χ0n) is 11.7. The highest BCUT2D eigenvalue weighted by molar-refractivity contribution is 6.13. The average molecular weight is 267 g/mol. The van der Waals surface area contributed by atoms with Gasteiger partial charge in [-0.3, -0.25) is 9.79 Å². The van der Waals surface area contributed by atoms with Crippen LogP contribution in [0.1, 0.15) is 31.0 Å². The Morgan fingerprint density at radius 2 is 2.10 bits per heavy atom. The molecule has 2 aromatic rings. The first-order chi connectivity index (χ1) is 9.69. The molecule has 0 radical (unpaired) electrons. The van der Waals surface area contributed by atoms with Crippen LogP contribution in [0.25, 0.3) is 10.9 Å². The van der Waals surface area contributed by atoms with Crippen LogP contribution in [0.4, 0.5) is 0 Å². The molecule has 1 aliphatic heterocycles. The maximum absolute atomic E-state index is 11.8. The van der Waals surface area contributed by atoms with Gasteiger partial charge in [0.15, 0.2) is 5.84 Å². The monoisotopic (exact) mass is 267 g/mol. The Kier molecular flexibility index (Phi) is 3.22. The number of hydrogen-bond donors (Lipinski definition) is 1. The molecule has 0 saturated heterocycles. The van der Waals surface area contributed by atoms with Crippen molar-refractivity contribution in [3.8, 4) is 0 Å². The van der Waals surface area contributed by atoms with Gasteiger partial charge in [0, 0.05) is 5.39 Å². The van der Waals surface area contributed by atoms with E-state index in [1.807, 2.05) is 31.2 Å². The average Bonchev–Trinajstić information content (AvgIpc) is 2.81. The van der Waals surface area contributed by atoms with Crippen LogP contribution in [0.15, 0.2) is 35.3 Å². The number of amides is 1. The Balaban J connectivity index is 2.03. The molecule has 3 rings (SSSR count). The number of amidine groups is 1. The smallest absolute Gasteiger partial charge is 0.250 e. The molecule has 0 fully saturated rings. The van der Waals surface area contributed by atoms with E-state index < -0.39 is 0 Å². The Labute approximate surface area is 117 Å². The molecule has 0 bridgehead atoms. The lowest BCUT2D eigenvalue weighted by atomic mass is 10.1. The van der Waals surface area contributed by atoms with Crippen molar-refractivity contribution in [1.29, 1.82) is 0 Å². The van der Waals surface area contributed by atoms with E-state index in [0.29, 0.717) is 5.84 Å². The summed E-state index contributed by atoms with van der Waals surface area (Å²) in [5, 5.41) is 3.98. The molecule has 1 aliphatic rings. The molecule has 0 aliphatic carbocycles. The number of aromatic nitrogens is 1. The maximum Gasteiger partial charge on any atom is 0.250 e. The molecule has 20 heavy (non-hydrogen) atoms. The van der Waals surface area contributed by atoms with Crippen LogP contribution in [-0.4, -0.2) is 22.8 Å². The normalized spacial score (nSPS) is 18.2. The maximum atomic E-state index is 11.8. The third kappa shape index (κ3) is 2.18. The van der Waals surface area contributed by atoms with Gasteiger partial charge in [-0.15, -0.1) is 0 Å². The molecule has 0 saturated carbocycles. The summed E-state index contributed by atoms with van der Waals surface area (Å²) in [5.74, 6) is 0.580. The molecule has 102 valence electrons. The largest absolute Gasteiger partial charge is 0.307 e. The van der Waals surface area contributed by atoms with Crippen LogP contribution in [0.5, 0.6) is 0 Å². The van der Waals surface area contributed by atoms with E-state index in [9.17, 15) is 4.79 Å². The first-order valence-corrected chi connectivity index (χ1v) is 6.94. The highest BCUT2D eigenvalue weighted by Gasteiger charge is 2.26. The van der Waals surface area contributed by atoms with Gasteiger partial charge >= 0.3 is 0 Å². The van der Waals surface area contributed by atoms with Crippen LogP contribution < -0.4 is 5.32 Å². The highest BCUT2D eigenvalue weighted by atomic mass is 16.2. The number of para-hydroxylation sites is 1. The molecule has 1 aromatic carbocycles. The van der Waals surface area contributed by atoms with Crippen molar-refractivity contribution in [2.24, 2.45) is 4.99 Å². The summed E-state index contributed by atoms with van der Waals surface area (Å²) in [6.07, 6.45) is 1.72. The first-order valence-electron chi connectivity index (χ1n) is 6.94. The van der Waals surface area contributed by atoms with Crippen LogP contribution in [0, 0.1) is 6.92 Å². The summed E-state index contributed by atoms with van der Waals surface area (Å²) in [6.45, 7) is 4.10. The number of nitrogens with one attached hydrogen (secondary N) is 1. The van der Waals surface area contributed by atoms with Gasteiger partial charge in [0.25, 0.3) is 0 Å². The third-order valence-corrected chi connectivity index (χ3v) is 3.56. The van der Waals surface area contributed by atoms with E-state index in [2.05, 4.69) is 28.3 Å². The fourth-order valence-electron chi connectivity index (χ4n) is 2.52. The van der Waals surface area contributed by atoms with Crippen molar-refractivity contribution in [2.45, 2.75) is 32.7 Å². The molecule has 0 spiro atoms. The Hall–Kier alpha value is -2.23. The molecule has 4 nitrogen and oxygen atoms in total. The lowest BCUT2D eigenvalue weighted by molar-refractivity contribution is -0.120. The molecular weight excluding hydrogens is 250 g/mol. The minimum Gasteiger partial charge on any atom is -0.307 e. The van der Waals surface area contributed by atoms with Crippen LogP contribution >= 0.6 is 0 Å². The van der Waals surface area contributed by atoms with Gasteiger partial charge in [0.2, 0.25) is 5.91 Å². The fourth-order valence-corrected chi connectivity index (χ4v) is 2.52. The van der Waals surface area contributed by atoms with E-state index in [1.165, 1.54) is 0 Å². The van der Waals surface area contributed by atoms with Crippen molar-refractivity contribution >= 4 is 22.6 Å². The van der Waals surface area contributed by atoms with Gasteiger partial charge in [0.1, 0.15) is 11.7 Å². The van der Waals surface area contributed by atoms with Crippen molar-refractivity contribution in [3.63, 3.8) is 0 Å². The summed E-state index contributed by atoms with van der Waals surface area (Å²) in [6, 6.07) is 9.72. The van der Waals surface area contributed by atoms with Gasteiger partial charge in [0.05, 0.1) is 5.52 Å². The SMILES string of the molecule is CCCC1N=C(c2cc(C)c3ccccc3n2)NC1=O. The second kappa shape index (κ2) is 5.04. The van der Waals surface area contributed by atoms with E-state index in [1.54, 1.807) is 0 Å². The topological polar surface area (TPSA) is 54.4 Å². The highest BCUT2D eigenvalue weighted by Crippen LogP contribution is 2.19. The predicted octanol–water partition coefficient (Wildman–Crippen LogP) is 2.59.